The van der Waals surface area contributed by atoms with Crippen LogP contribution in [0, 0.1) is 13.8 Å². The highest BCUT2D eigenvalue weighted by molar-refractivity contribution is 8.18. The lowest BCUT2D eigenvalue weighted by molar-refractivity contribution is -0.123. The molecule has 5 nitrogen and oxygen atoms in total. The molecule has 3 heterocycles. The number of amidine groups is 1. The van der Waals surface area contributed by atoms with Crippen LogP contribution in [0.3, 0.4) is 0 Å². The number of pyridine rings is 1. The van der Waals surface area contributed by atoms with Gasteiger partial charge in [0.25, 0.3) is 5.91 Å². The van der Waals surface area contributed by atoms with Crippen molar-refractivity contribution in [1.29, 1.82) is 0 Å². The zero-order valence-corrected chi connectivity index (χ0v) is 17.5. The van der Waals surface area contributed by atoms with E-state index in [0.717, 1.165) is 32.7 Å². The second-order valence-electron chi connectivity index (χ2n) is 7.26. The molecule has 0 bridgehead atoms. The third kappa shape index (κ3) is 3.86. The van der Waals surface area contributed by atoms with Gasteiger partial charge in [-0.1, -0.05) is 0 Å². The van der Waals surface area contributed by atoms with E-state index in [0.29, 0.717) is 0 Å². The molecule has 0 saturated carbocycles. The lowest BCUT2D eigenvalue weighted by Crippen LogP contribution is -2.35. The van der Waals surface area contributed by atoms with Crippen molar-refractivity contribution < 1.29 is 4.79 Å². The van der Waals surface area contributed by atoms with Gasteiger partial charge in [0.2, 0.25) is 0 Å². The molecule has 2 aromatic heterocycles. The summed E-state index contributed by atoms with van der Waals surface area (Å²) in [5.41, 5.74) is 4.27. The minimum atomic E-state index is 0.0283. The molecule has 142 valence electrons. The summed E-state index contributed by atoms with van der Waals surface area (Å²) in [4.78, 5) is 24.3. The first-order valence-electron chi connectivity index (χ1n) is 9.19. The smallest absolute Gasteiger partial charge is 0.266 e. The summed E-state index contributed by atoms with van der Waals surface area (Å²) in [7, 11) is 0. The Hall–Kier alpha value is -2.34. The Kier molecular flexibility index (Phi) is 5.56. The number of amides is 1. The lowest BCUT2D eigenvalue weighted by Gasteiger charge is -2.20. The summed E-state index contributed by atoms with van der Waals surface area (Å²) < 4.78 is 2.16. The second kappa shape index (κ2) is 7.72. The summed E-state index contributed by atoms with van der Waals surface area (Å²) in [5, 5.41) is 0.789. The molecule has 0 aliphatic carbocycles. The number of nitrogens with zero attached hydrogens (tertiary/aromatic N) is 4. The predicted molar refractivity (Wildman–Crippen MR) is 113 cm³/mol. The van der Waals surface area contributed by atoms with Crippen molar-refractivity contribution in [3.63, 3.8) is 0 Å². The van der Waals surface area contributed by atoms with Crippen LogP contribution in [0.1, 0.15) is 44.6 Å². The Balaban J connectivity index is 2.02. The van der Waals surface area contributed by atoms with Gasteiger partial charge in [-0.3, -0.25) is 19.7 Å². The van der Waals surface area contributed by atoms with Crippen LogP contribution in [-0.2, 0) is 4.79 Å². The number of carbonyl (C=O) groups is 1. The zero-order valence-electron chi connectivity index (χ0n) is 16.7. The van der Waals surface area contributed by atoms with Crippen LogP contribution >= 0.6 is 11.8 Å². The monoisotopic (exact) mass is 382 g/mol. The fourth-order valence-corrected chi connectivity index (χ4v) is 4.43. The minimum absolute atomic E-state index is 0.0283. The van der Waals surface area contributed by atoms with Gasteiger partial charge < -0.3 is 4.57 Å². The maximum absolute atomic E-state index is 13.0. The molecule has 6 heteroatoms. The van der Waals surface area contributed by atoms with Crippen molar-refractivity contribution in [2.24, 2.45) is 4.99 Å². The Morgan fingerprint density at radius 1 is 1.22 bits per heavy atom. The fraction of sp³-hybridized carbons (Fsp3) is 0.381. The number of aliphatic imine (C=N–C) groups is 1. The van der Waals surface area contributed by atoms with Crippen LogP contribution < -0.4 is 0 Å². The van der Waals surface area contributed by atoms with E-state index >= 15 is 0 Å². The highest BCUT2D eigenvalue weighted by Crippen LogP contribution is 2.35. The molecule has 0 spiro atoms. The minimum Gasteiger partial charge on any atom is -0.316 e. The van der Waals surface area contributed by atoms with Crippen LogP contribution in [0.5, 0.6) is 0 Å². The van der Waals surface area contributed by atoms with Crippen LogP contribution in [0.15, 0.2) is 40.5 Å². The van der Waals surface area contributed by atoms with Gasteiger partial charge in [-0.05, 0) is 83.1 Å². The van der Waals surface area contributed by atoms with Crippen molar-refractivity contribution in [1.82, 2.24) is 14.5 Å². The summed E-state index contributed by atoms with van der Waals surface area (Å²) >= 11 is 1.46. The van der Waals surface area contributed by atoms with Crippen LogP contribution in [0.4, 0.5) is 0 Å². The van der Waals surface area contributed by atoms with Gasteiger partial charge in [0.15, 0.2) is 5.17 Å². The van der Waals surface area contributed by atoms with E-state index in [9.17, 15) is 4.79 Å². The van der Waals surface area contributed by atoms with Crippen molar-refractivity contribution >= 4 is 28.9 Å². The molecule has 0 aromatic carbocycles. The zero-order chi connectivity index (χ0) is 19.7. The topological polar surface area (TPSA) is 50.5 Å². The standard InChI is InChI=1S/C21H26N4OS/c1-13(2)23-21-24(14(3)4)20(26)19(27-21)11-17-10-15(5)25(16(17)6)18-8-7-9-22-12-18/h7-14H,1-6H3/b19-11+,23-21?. The molecule has 1 aliphatic heterocycles. The SMILES string of the molecule is Cc1cc(/C=C2/SC(=NC(C)C)N(C(C)C)C2=O)c(C)n1-c1cccnc1. The number of thioether (sulfide) groups is 1. The molecule has 0 atom stereocenters. The molecular weight excluding hydrogens is 356 g/mol. The first-order chi connectivity index (χ1) is 12.8. The molecule has 0 unspecified atom stereocenters. The summed E-state index contributed by atoms with van der Waals surface area (Å²) in [6.07, 6.45) is 5.60. The summed E-state index contributed by atoms with van der Waals surface area (Å²) in [6.45, 7) is 12.2. The third-order valence-electron chi connectivity index (χ3n) is 4.38. The quantitative estimate of drug-likeness (QED) is 0.728. The summed E-state index contributed by atoms with van der Waals surface area (Å²) in [6, 6.07) is 6.30. The van der Waals surface area contributed by atoms with E-state index in [1.54, 1.807) is 11.1 Å². The number of aryl methyl sites for hydroxylation is 1. The van der Waals surface area contributed by atoms with Gasteiger partial charge in [-0.15, -0.1) is 0 Å². The fourth-order valence-electron chi connectivity index (χ4n) is 3.21. The summed E-state index contributed by atoms with van der Waals surface area (Å²) in [5.74, 6) is 0.0283. The van der Waals surface area contributed by atoms with Crippen molar-refractivity contribution in [2.45, 2.75) is 53.6 Å². The van der Waals surface area contributed by atoms with E-state index in [4.69, 9.17) is 0 Å². The molecule has 0 N–H and O–H groups in total. The molecule has 1 saturated heterocycles. The van der Waals surface area contributed by atoms with E-state index in [-0.39, 0.29) is 18.0 Å². The molecule has 1 aliphatic rings. The first kappa shape index (κ1) is 19.4. The maximum Gasteiger partial charge on any atom is 0.266 e. The van der Waals surface area contributed by atoms with Gasteiger partial charge in [0.1, 0.15) is 0 Å². The number of aromatic nitrogens is 2. The average Bonchev–Trinajstić information content (AvgIpc) is 3.04. The third-order valence-corrected chi connectivity index (χ3v) is 5.38. The molecule has 3 rings (SSSR count). The van der Waals surface area contributed by atoms with Crippen molar-refractivity contribution in [3.05, 3.63) is 52.4 Å². The van der Waals surface area contributed by atoms with Gasteiger partial charge in [0, 0.05) is 29.7 Å². The van der Waals surface area contributed by atoms with E-state index in [1.807, 2.05) is 52.1 Å². The van der Waals surface area contributed by atoms with Gasteiger partial charge in [0.05, 0.1) is 16.8 Å². The number of hydrogen-bond donors (Lipinski definition) is 0. The molecule has 1 fully saturated rings. The van der Waals surface area contributed by atoms with E-state index in [2.05, 4.69) is 34.5 Å². The largest absolute Gasteiger partial charge is 0.316 e. The normalized spacial score (nSPS) is 17.9. The number of carbonyl (C=O) groups excluding carboxylic acids is 1. The molecule has 1 amide bonds. The van der Waals surface area contributed by atoms with Gasteiger partial charge in [-0.2, -0.15) is 0 Å². The van der Waals surface area contributed by atoms with Crippen LogP contribution in [-0.4, -0.2) is 37.6 Å². The first-order valence-corrected chi connectivity index (χ1v) is 10.0. The molecular formula is C21H26N4OS. The van der Waals surface area contributed by atoms with E-state index in [1.165, 1.54) is 11.8 Å². The second-order valence-corrected chi connectivity index (χ2v) is 8.27. The highest BCUT2D eigenvalue weighted by atomic mass is 32.2. The number of rotatable bonds is 4. The Bertz CT molecular complexity index is 910. The van der Waals surface area contributed by atoms with Crippen molar-refractivity contribution in [3.8, 4) is 5.69 Å². The van der Waals surface area contributed by atoms with Gasteiger partial charge in [-0.25, -0.2) is 0 Å². The number of hydrogen-bond acceptors (Lipinski definition) is 4. The Morgan fingerprint density at radius 2 is 1.96 bits per heavy atom. The van der Waals surface area contributed by atoms with Crippen LogP contribution in [0.2, 0.25) is 0 Å². The molecule has 27 heavy (non-hydrogen) atoms. The lowest BCUT2D eigenvalue weighted by atomic mass is 10.2. The van der Waals surface area contributed by atoms with Crippen molar-refractivity contribution in [2.75, 3.05) is 0 Å². The maximum atomic E-state index is 13.0. The highest BCUT2D eigenvalue weighted by Gasteiger charge is 2.35. The Labute approximate surface area is 165 Å². The average molecular weight is 383 g/mol. The Morgan fingerprint density at radius 3 is 2.56 bits per heavy atom. The van der Waals surface area contributed by atoms with Crippen LogP contribution in [0.25, 0.3) is 11.8 Å². The predicted octanol–water partition coefficient (Wildman–Crippen LogP) is 4.58. The molecule has 0 radical (unpaired) electrons. The van der Waals surface area contributed by atoms with Gasteiger partial charge >= 0.3 is 0 Å². The van der Waals surface area contributed by atoms with E-state index < -0.39 is 0 Å². The molecule has 2 aromatic rings.